The highest BCUT2D eigenvalue weighted by Crippen LogP contribution is 2.36. The van der Waals surface area contributed by atoms with Gasteiger partial charge in [-0.1, -0.05) is 24.6 Å². The van der Waals surface area contributed by atoms with Crippen molar-refractivity contribution in [2.24, 2.45) is 0 Å². The van der Waals surface area contributed by atoms with Gasteiger partial charge in [0.15, 0.2) is 18.1 Å². The van der Waals surface area contributed by atoms with Crippen molar-refractivity contribution in [2.75, 3.05) is 25.6 Å². The highest BCUT2D eigenvalue weighted by atomic mass is 35.5. The minimum Gasteiger partial charge on any atom is -0.493 e. The summed E-state index contributed by atoms with van der Waals surface area (Å²) < 4.78 is 15.7. The third-order valence-corrected chi connectivity index (χ3v) is 4.15. The summed E-state index contributed by atoms with van der Waals surface area (Å²) >= 11 is 6.17. The molecule has 160 valence electrons. The Labute approximate surface area is 178 Å². The molecule has 0 heterocycles. The van der Waals surface area contributed by atoms with E-state index in [1.165, 1.54) is 31.4 Å². The van der Waals surface area contributed by atoms with E-state index in [2.05, 4.69) is 5.32 Å². The predicted octanol–water partition coefficient (Wildman–Crippen LogP) is 4.15. The second kappa shape index (κ2) is 10.4. The lowest BCUT2D eigenvalue weighted by Gasteiger charge is -2.13. The van der Waals surface area contributed by atoms with Crippen LogP contribution in [0.25, 0.3) is 0 Å². The van der Waals surface area contributed by atoms with Crippen LogP contribution in [-0.2, 0) is 9.53 Å². The Hall–Kier alpha value is -3.33. The molecule has 0 aromatic heterocycles. The molecule has 0 aliphatic carbocycles. The first-order valence-corrected chi connectivity index (χ1v) is 9.37. The van der Waals surface area contributed by atoms with Crippen molar-refractivity contribution in [3.05, 3.63) is 56.6 Å². The van der Waals surface area contributed by atoms with E-state index in [4.69, 9.17) is 25.8 Å². The van der Waals surface area contributed by atoms with E-state index < -0.39 is 23.4 Å². The van der Waals surface area contributed by atoms with Gasteiger partial charge in [0.1, 0.15) is 5.69 Å². The Morgan fingerprint density at radius 2 is 1.97 bits per heavy atom. The van der Waals surface area contributed by atoms with E-state index in [1.807, 2.05) is 6.92 Å². The van der Waals surface area contributed by atoms with Gasteiger partial charge in [-0.05, 0) is 37.1 Å². The molecule has 0 saturated heterocycles. The minimum atomic E-state index is -0.814. The zero-order chi connectivity index (χ0) is 22.3. The number of nitro benzene ring substituents is 1. The fourth-order valence-corrected chi connectivity index (χ4v) is 2.75. The van der Waals surface area contributed by atoms with Gasteiger partial charge in [0.05, 0.1) is 29.2 Å². The van der Waals surface area contributed by atoms with Gasteiger partial charge in [0.2, 0.25) is 0 Å². The third-order valence-electron chi connectivity index (χ3n) is 3.87. The molecule has 2 aromatic carbocycles. The Balaban J connectivity index is 2.06. The van der Waals surface area contributed by atoms with E-state index in [0.29, 0.717) is 17.9 Å². The zero-order valence-corrected chi connectivity index (χ0v) is 17.4. The van der Waals surface area contributed by atoms with Crippen LogP contribution in [0.5, 0.6) is 11.5 Å². The second-order valence-electron chi connectivity index (χ2n) is 6.24. The van der Waals surface area contributed by atoms with Crippen LogP contribution in [0.4, 0.5) is 11.4 Å². The van der Waals surface area contributed by atoms with Crippen LogP contribution >= 0.6 is 11.6 Å². The monoisotopic (exact) mass is 436 g/mol. The SMILES string of the molecule is CCCOc1c(Cl)cc(C(=O)OCC(=O)Nc2ccc(C)cc2[N+](=O)[O-])cc1OC. The number of nitro groups is 1. The van der Waals surface area contributed by atoms with Gasteiger partial charge < -0.3 is 19.5 Å². The van der Waals surface area contributed by atoms with E-state index in [1.54, 1.807) is 13.0 Å². The molecule has 0 radical (unpaired) electrons. The number of halogens is 1. The fourth-order valence-electron chi connectivity index (χ4n) is 2.48. The van der Waals surface area contributed by atoms with Gasteiger partial charge in [0, 0.05) is 6.07 Å². The first kappa shape index (κ1) is 23.0. The molecule has 2 rings (SSSR count). The lowest BCUT2D eigenvalue weighted by molar-refractivity contribution is -0.384. The van der Waals surface area contributed by atoms with Crippen LogP contribution in [0, 0.1) is 17.0 Å². The summed E-state index contributed by atoms with van der Waals surface area (Å²) in [5.41, 5.74) is 0.487. The lowest BCUT2D eigenvalue weighted by Crippen LogP contribution is -2.21. The van der Waals surface area contributed by atoms with Crippen molar-refractivity contribution in [3.63, 3.8) is 0 Å². The molecule has 0 spiro atoms. The van der Waals surface area contributed by atoms with Crippen LogP contribution in [0.3, 0.4) is 0 Å². The highest BCUT2D eigenvalue weighted by molar-refractivity contribution is 6.32. The number of rotatable bonds is 9. The number of esters is 1. The number of carbonyl (C=O) groups excluding carboxylic acids is 2. The number of aryl methyl sites for hydroxylation is 1. The van der Waals surface area contributed by atoms with E-state index in [-0.39, 0.29) is 27.7 Å². The van der Waals surface area contributed by atoms with Gasteiger partial charge in [0.25, 0.3) is 11.6 Å². The van der Waals surface area contributed by atoms with E-state index >= 15 is 0 Å². The highest BCUT2D eigenvalue weighted by Gasteiger charge is 2.19. The number of hydrogen-bond donors (Lipinski definition) is 1. The minimum absolute atomic E-state index is 0.00814. The second-order valence-corrected chi connectivity index (χ2v) is 6.65. The zero-order valence-electron chi connectivity index (χ0n) is 16.7. The molecule has 1 N–H and O–H groups in total. The number of anilines is 1. The average molecular weight is 437 g/mol. The third kappa shape index (κ3) is 5.84. The van der Waals surface area contributed by atoms with Gasteiger partial charge in [-0.15, -0.1) is 0 Å². The number of methoxy groups -OCH3 is 1. The smallest absolute Gasteiger partial charge is 0.338 e. The Morgan fingerprint density at radius 3 is 2.60 bits per heavy atom. The summed E-state index contributed by atoms with van der Waals surface area (Å²) in [6.45, 7) is 3.41. The summed E-state index contributed by atoms with van der Waals surface area (Å²) in [6.07, 6.45) is 0.761. The molecular weight excluding hydrogens is 416 g/mol. The van der Waals surface area contributed by atoms with Crippen LogP contribution in [0.1, 0.15) is 29.3 Å². The summed E-state index contributed by atoms with van der Waals surface area (Å²) in [5, 5.41) is 13.7. The molecule has 0 aliphatic rings. The first-order chi connectivity index (χ1) is 14.3. The van der Waals surface area contributed by atoms with Crippen molar-refractivity contribution >= 4 is 34.9 Å². The van der Waals surface area contributed by atoms with Crippen molar-refractivity contribution in [1.29, 1.82) is 0 Å². The molecule has 2 aromatic rings. The first-order valence-electron chi connectivity index (χ1n) is 8.99. The number of hydrogen-bond acceptors (Lipinski definition) is 7. The molecule has 0 bridgehead atoms. The largest absolute Gasteiger partial charge is 0.493 e. The van der Waals surface area contributed by atoms with Crippen LogP contribution in [0.15, 0.2) is 30.3 Å². The Kier molecular flexibility index (Phi) is 7.99. The molecular formula is C20H21ClN2O7. The average Bonchev–Trinajstić information content (AvgIpc) is 2.71. The molecule has 0 aliphatic heterocycles. The summed E-state index contributed by atoms with van der Waals surface area (Å²) in [7, 11) is 1.40. The molecule has 10 heteroatoms. The summed E-state index contributed by atoms with van der Waals surface area (Å²) in [4.78, 5) is 34.9. The summed E-state index contributed by atoms with van der Waals surface area (Å²) in [5.74, 6) is -0.980. The molecule has 30 heavy (non-hydrogen) atoms. The molecule has 0 fully saturated rings. The van der Waals surface area contributed by atoms with Crippen molar-refractivity contribution in [3.8, 4) is 11.5 Å². The maximum Gasteiger partial charge on any atom is 0.338 e. The van der Waals surface area contributed by atoms with E-state index in [9.17, 15) is 19.7 Å². The van der Waals surface area contributed by atoms with Crippen LogP contribution < -0.4 is 14.8 Å². The van der Waals surface area contributed by atoms with Gasteiger partial charge in [-0.25, -0.2) is 4.79 Å². The van der Waals surface area contributed by atoms with Gasteiger partial charge >= 0.3 is 5.97 Å². The Morgan fingerprint density at radius 1 is 1.23 bits per heavy atom. The van der Waals surface area contributed by atoms with Crippen LogP contribution in [-0.4, -0.2) is 37.1 Å². The Bertz CT molecular complexity index is 962. The number of ether oxygens (including phenoxy) is 3. The topological polar surface area (TPSA) is 117 Å². The number of amides is 1. The number of benzene rings is 2. The normalized spacial score (nSPS) is 10.3. The molecule has 9 nitrogen and oxygen atoms in total. The lowest BCUT2D eigenvalue weighted by atomic mass is 10.2. The number of carbonyl (C=O) groups is 2. The van der Waals surface area contributed by atoms with Crippen molar-refractivity contribution < 1.29 is 28.7 Å². The van der Waals surface area contributed by atoms with E-state index in [0.717, 1.165) is 6.42 Å². The fraction of sp³-hybridized carbons (Fsp3) is 0.300. The summed E-state index contributed by atoms with van der Waals surface area (Å²) in [6, 6.07) is 7.10. The molecule has 0 atom stereocenters. The van der Waals surface area contributed by atoms with Crippen molar-refractivity contribution in [2.45, 2.75) is 20.3 Å². The van der Waals surface area contributed by atoms with Crippen LogP contribution in [0.2, 0.25) is 5.02 Å². The number of nitrogens with one attached hydrogen (secondary N) is 1. The molecule has 0 saturated carbocycles. The van der Waals surface area contributed by atoms with Gasteiger partial charge in [-0.2, -0.15) is 0 Å². The van der Waals surface area contributed by atoms with Gasteiger partial charge in [-0.3, -0.25) is 14.9 Å². The maximum atomic E-state index is 12.3. The van der Waals surface area contributed by atoms with Crippen molar-refractivity contribution in [1.82, 2.24) is 0 Å². The molecule has 0 unspecified atom stereocenters. The standard InChI is InChI=1S/C20H21ClN2O7/c1-4-7-29-19-14(21)9-13(10-17(19)28-3)20(25)30-11-18(24)22-15-6-5-12(2)8-16(15)23(26)27/h5-6,8-10H,4,7,11H2,1-3H3,(H,22,24). The predicted molar refractivity (Wildman–Crippen MR) is 111 cm³/mol. The number of nitrogens with zero attached hydrogens (tertiary/aromatic N) is 1. The maximum absolute atomic E-state index is 12.3. The quantitative estimate of drug-likeness (QED) is 0.356. The molecule has 1 amide bonds.